The summed E-state index contributed by atoms with van der Waals surface area (Å²) >= 11 is 0. The largest absolute Gasteiger partial charge is 0.382 e. The predicted molar refractivity (Wildman–Crippen MR) is 64.4 cm³/mol. The van der Waals surface area contributed by atoms with Crippen LogP contribution in [0.25, 0.3) is 11.0 Å². The molecule has 0 spiro atoms. The molecule has 0 saturated carbocycles. The zero-order valence-electron chi connectivity index (χ0n) is 9.04. The number of hydrogen-bond donors (Lipinski definition) is 2. The van der Waals surface area contributed by atoms with Crippen LogP contribution in [-0.2, 0) is 0 Å². The molecule has 0 aliphatic carbocycles. The van der Waals surface area contributed by atoms with Crippen molar-refractivity contribution >= 4 is 11.0 Å². The third-order valence-electron chi connectivity index (χ3n) is 2.73. The van der Waals surface area contributed by atoms with Gasteiger partial charge in [-0.2, -0.15) is 0 Å². The molecule has 2 N–H and O–H groups in total. The van der Waals surface area contributed by atoms with Gasteiger partial charge in [0.25, 0.3) is 0 Å². The molecule has 0 fully saturated rings. The van der Waals surface area contributed by atoms with Crippen LogP contribution in [-0.4, -0.2) is 20.1 Å². The molecule has 4 heteroatoms. The molecule has 0 amide bonds. The van der Waals surface area contributed by atoms with Crippen LogP contribution in [0.5, 0.6) is 0 Å². The summed E-state index contributed by atoms with van der Waals surface area (Å²) in [6.45, 7) is 0. The molecule has 3 rings (SSSR count). The molecule has 3 aromatic rings. The topological polar surface area (TPSA) is 61.8 Å². The van der Waals surface area contributed by atoms with Crippen LogP contribution >= 0.6 is 0 Å². The Balaban J connectivity index is 2.06. The van der Waals surface area contributed by atoms with Gasteiger partial charge in [0, 0.05) is 24.3 Å². The van der Waals surface area contributed by atoms with Crippen molar-refractivity contribution in [3.63, 3.8) is 0 Å². The van der Waals surface area contributed by atoms with E-state index in [1.807, 2.05) is 30.3 Å². The highest BCUT2D eigenvalue weighted by Gasteiger charge is 2.11. The second-order valence-corrected chi connectivity index (χ2v) is 3.83. The van der Waals surface area contributed by atoms with Crippen molar-refractivity contribution in [3.8, 4) is 0 Å². The summed E-state index contributed by atoms with van der Waals surface area (Å²) in [4.78, 5) is 11.4. The van der Waals surface area contributed by atoms with Crippen molar-refractivity contribution in [1.29, 1.82) is 0 Å². The van der Waals surface area contributed by atoms with Gasteiger partial charge < -0.3 is 10.1 Å². The van der Waals surface area contributed by atoms with Gasteiger partial charge in [-0.05, 0) is 29.8 Å². The van der Waals surface area contributed by atoms with Crippen LogP contribution in [0.3, 0.4) is 0 Å². The van der Waals surface area contributed by atoms with Crippen molar-refractivity contribution < 1.29 is 5.11 Å². The quantitative estimate of drug-likeness (QED) is 0.701. The first-order chi connectivity index (χ1) is 8.34. The Hall–Kier alpha value is -2.20. The molecule has 0 aliphatic rings. The van der Waals surface area contributed by atoms with Crippen LogP contribution in [0, 0.1) is 0 Å². The van der Waals surface area contributed by atoms with Crippen molar-refractivity contribution in [3.05, 3.63) is 60.2 Å². The van der Waals surface area contributed by atoms with E-state index in [4.69, 9.17) is 0 Å². The monoisotopic (exact) mass is 225 g/mol. The van der Waals surface area contributed by atoms with Gasteiger partial charge in [0.05, 0.1) is 11.0 Å². The molecule has 0 aliphatic heterocycles. The highest BCUT2D eigenvalue weighted by atomic mass is 16.3. The Morgan fingerprint density at radius 2 is 1.88 bits per heavy atom. The molecule has 2 heterocycles. The number of H-pyrrole nitrogens is 1. The minimum Gasteiger partial charge on any atom is -0.382 e. The number of nitrogens with one attached hydrogen (secondary N) is 1. The summed E-state index contributed by atoms with van der Waals surface area (Å²) in [6, 6.07) is 9.30. The summed E-state index contributed by atoms with van der Waals surface area (Å²) in [5.41, 5.74) is 3.19. The van der Waals surface area contributed by atoms with Crippen molar-refractivity contribution in [2.45, 2.75) is 6.10 Å². The first-order valence-corrected chi connectivity index (χ1v) is 5.36. The Labute approximate surface area is 98.0 Å². The number of rotatable bonds is 2. The van der Waals surface area contributed by atoms with Crippen LogP contribution in [0.15, 0.2) is 48.9 Å². The summed E-state index contributed by atoms with van der Waals surface area (Å²) in [5.74, 6) is 0. The Bertz CT molecular complexity index is 634. The number of aliphatic hydroxyl groups is 1. The van der Waals surface area contributed by atoms with Gasteiger partial charge in [-0.15, -0.1) is 0 Å². The van der Waals surface area contributed by atoms with Crippen LogP contribution < -0.4 is 0 Å². The molecule has 2 aromatic heterocycles. The normalized spacial score (nSPS) is 12.8. The number of aliphatic hydroxyl groups excluding tert-OH is 1. The molecule has 0 bridgehead atoms. The fourth-order valence-electron chi connectivity index (χ4n) is 1.84. The third-order valence-corrected chi connectivity index (χ3v) is 2.73. The van der Waals surface area contributed by atoms with E-state index in [0.29, 0.717) is 0 Å². The fraction of sp³-hybridized carbons (Fsp3) is 0.0769. The zero-order valence-corrected chi connectivity index (χ0v) is 9.04. The maximum atomic E-state index is 10.2. The number of aromatic amines is 1. The summed E-state index contributed by atoms with van der Waals surface area (Å²) in [5, 5.41) is 10.2. The Morgan fingerprint density at radius 3 is 2.65 bits per heavy atom. The minimum atomic E-state index is -0.656. The number of hydrogen-bond acceptors (Lipinski definition) is 3. The molecule has 17 heavy (non-hydrogen) atoms. The van der Waals surface area contributed by atoms with Crippen LogP contribution in [0.4, 0.5) is 0 Å². The van der Waals surface area contributed by atoms with E-state index in [1.54, 1.807) is 18.6 Å². The molecular weight excluding hydrogens is 214 g/mol. The van der Waals surface area contributed by atoms with Crippen LogP contribution in [0.2, 0.25) is 0 Å². The number of fused-ring (bicyclic) bond motifs is 1. The lowest BCUT2D eigenvalue weighted by atomic mass is 10.1. The van der Waals surface area contributed by atoms with Gasteiger partial charge in [-0.3, -0.25) is 9.97 Å². The van der Waals surface area contributed by atoms with Crippen molar-refractivity contribution in [1.82, 2.24) is 15.0 Å². The lowest BCUT2D eigenvalue weighted by Crippen LogP contribution is -2.00. The summed E-state index contributed by atoms with van der Waals surface area (Å²) < 4.78 is 0. The molecular formula is C13H11N3O. The van der Waals surface area contributed by atoms with E-state index in [0.717, 1.165) is 22.3 Å². The van der Waals surface area contributed by atoms with E-state index < -0.39 is 6.10 Å². The molecule has 1 atom stereocenters. The standard InChI is InChI=1S/C13H11N3O/c17-13(11-2-1-5-14-11)9-3-4-10-12(8-9)16-7-6-15-10/h1-8,13-14,17H. The second-order valence-electron chi connectivity index (χ2n) is 3.83. The van der Waals surface area contributed by atoms with Gasteiger partial charge in [0.1, 0.15) is 6.10 Å². The Kier molecular flexibility index (Phi) is 2.34. The smallest absolute Gasteiger partial charge is 0.119 e. The zero-order chi connectivity index (χ0) is 11.7. The fourth-order valence-corrected chi connectivity index (χ4v) is 1.84. The van der Waals surface area contributed by atoms with E-state index in [-0.39, 0.29) is 0 Å². The average Bonchev–Trinajstić information content (AvgIpc) is 2.91. The van der Waals surface area contributed by atoms with Gasteiger partial charge in [0.15, 0.2) is 0 Å². The minimum absolute atomic E-state index is 0.656. The van der Waals surface area contributed by atoms with E-state index in [9.17, 15) is 5.11 Å². The highest BCUT2D eigenvalue weighted by Crippen LogP contribution is 2.22. The molecule has 1 unspecified atom stereocenters. The van der Waals surface area contributed by atoms with Gasteiger partial charge >= 0.3 is 0 Å². The summed E-state index contributed by atoms with van der Waals surface area (Å²) in [6.07, 6.45) is 4.44. The number of benzene rings is 1. The van der Waals surface area contributed by atoms with E-state index in [2.05, 4.69) is 15.0 Å². The van der Waals surface area contributed by atoms with Crippen LogP contribution in [0.1, 0.15) is 17.4 Å². The molecule has 0 radical (unpaired) electrons. The SMILES string of the molecule is OC(c1ccc2nccnc2c1)c1ccc[nH]1. The predicted octanol–water partition coefficient (Wildman–Crippen LogP) is 2.04. The third kappa shape index (κ3) is 1.79. The number of nitrogens with zero attached hydrogens (tertiary/aromatic N) is 2. The van der Waals surface area contributed by atoms with Gasteiger partial charge in [0.2, 0.25) is 0 Å². The first-order valence-electron chi connectivity index (χ1n) is 5.36. The molecule has 0 saturated heterocycles. The highest BCUT2D eigenvalue weighted by molar-refractivity contribution is 5.74. The maximum Gasteiger partial charge on any atom is 0.119 e. The Morgan fingerprint density at radius 1 is 1.06 bits per heavy atom. The molecule has 84 valence electrons. The number of aromatic nitrogens is 3. The molecule has 1 aromatic carbocycles. The molecule has 4 nitrogen and oxygen atoms in total. The van der Waals surface area contributed by atoms with Gasteiger partial charge in [-0.1, -0.05) is 6.07 Å². The lowest BCUT2D eigenvalue weighted by Gasteiger charge is -2.09. The van der Waals surface area contributed by atoms with E-state index in [1.165, 1.54) is 0 Å². The maximum absolute atomic E-state index is 10.2. The van der Waals surface area contributed by atoms with Gasteiger partial charge in [-0.25, -0.2) is 0 Å². The first kappa shape index (κ1) is 9.99. The lowest BCUT2D eigenvalue weighted by molar-refractivity contribution is 0.216. The van der Waals surface area contributed by atoms with E-state index >= 15 is 0 Å². The average molecular weight is 225 g/mol. The van der Waals surface area contributed by atoms with Crippen molar-refractivity contribution in [2.24, 2.45) is 0 Å². The second kappa shape index (κ2) is 3.99. The van der Waals surface area contributed by atoms with Crippen molar-refractivity contribution in [2.75, 3.05) is 0 Å². The summed E-state index contributed by atoms with van der Waals surface area (Å²) in [7, 11) is 0.